The number of nitrogens with zero attached hydrogens (tertiary/aromatic N) is 1. The summed E-state index contributed by atoms with van der Waals surface area (Å²) in [6, 6.07) is 18.8. The third-order valence-electron chi connectivity index (χ3n) is 7.47. The van der Waals surface area contributed by atoms with E-state index in [0.29, 0.717) is 37.5 Å². The molecule has 5 aromatic rings. The highest BCUT2D eigenvalue weighted by Gasteiger charge is 2.37. The highest BCUT2D eigenvalue weighted by molar-refractivity contribution is 6.31. The SMILES string of the molecule is COc1ccc(N2CCC(C(=O)NCCc3c[nH]c4ccc(Cl)cc34)C2=O)cc1.Cl.NCCc1c[nH]c2ccc(Cl)cc12. The van der Waals surface area contributed by atoms with Crippen LogP contribution in [0.5, 0.6) is 5.75 Å². The lowest BCUT2D eigenvalue weighted by atomic mass is 10.1. The fourth-order valence-corrected chi connectivity index (χ4v) is 5.60. The van der Waals surface area contributed by atoms with E-state index in [4.69, 9.17) is 33.7 Å². The van der Waals surface area contributed by atoms with Gasteiger partial charge in [0.15, 0.2) is 0 Å². The van der Waals surface area contributed by atoms with E-state index in [9.17, 15) is 9.59 Å². The molecule has 0 spiro atoms. The number of H-pyrrole nitrogens is 2. The highest BCUT2D eigenvalue weighted by atomic mass is 35.5. The molecule has 43 heavy (non-hydrogen) atoms. The zero-order valence-electron chi connectivity index (χ0n) is 23.7. The predicted octanol–water partition coefficient (Wildman–Crippen LogP) is 6.29. The number of amides is 2. The van der Waals surface area contributed by atoms with E-state index in [0.717, 1.165) is 44.9 Å². The van der Waals surface area contributed by atoms with Gasteiger partial charge in [-0.15, -0.1) is 12.4 Å². The van der Waals surface area contributed by atoms with Crippen LogP contribution in [0, 0.1) is 5.92 Å². The van der Waals surface area contributed by atoms with Crippen molar-refractivity contribution in [3.63, 3.8) is 0 Å². The number of nitrogens with one attached hydrogen (secondary N) is 3. The van der Waals surface area contributed by atoms with Crippen molar-refractivity contribution in [1.82, 2.24) is 15.3 Å². The zero-order chi connectivity index (χ0) is 29.6. The molecule has 0 radical (unpaired) electrons. The van der Waals surface area contributed by atoms with Crippen molar-refractivity contribution in [2.45, 2.75) is 19.3 Å². The molecule has 0 saturated carbocycles. The van der Waals surface area contributed by atoms with Crippen molar-refractivity contribution in [2.75, 3.05) is 31.6 Å². The molecule has 8 nitrogen and oxygen atoms in total. The second-order valence-corrected chi connectivity index (χ2v) is 11.0. The Bertz CT molecular complexity index is 1700. The Labute approximate surface area is 266 Å². The molecule has 11 heteroatoms. The van der Waals surface area contributed by atoms with Crippen molar-refractivity contribution in [3.05, 3.63) is 94.2 Å². The monoisotopic (exact) mass is 641 g/mol. The quantitative estimate of drug-likeness (QED) is 0.149. The number of rotatable bonds is 8. The lowest BCUT2D eigenvalue weighted by molar-refractivity contribution is -0.132. The first kappa shape index (κ1) is 32.2. The van der Waals surface area contributed by atoms with Gasteiger partial charge in [-0.05, 0) is 97.6 Å². The molecule has 3 aromatic carbocycles. The Hall–Kier alpha value is -3.69. The molecule has 5 N–H and O–H groups in total. The summed E-state index contributed by atoms with van der Waals surface area (Å²) in [6.07, 6.45) is 5.99. The number of carbonyl (C=O) groups is 2. The molecule has 1 fully saturated rings. The van der Waals surface area contributed by atoms with Crippen LogP contribution in [-0.4, -0.2) is 48.5 Å². The van der Waals surface area contributed by atoms with Gasteiger partial charge >= 0.3 is 0 Å². The molecule has 226 valence electrons. The summed E-state index contributed by atoms with van der Waals surface area (Å²) in [5.41, 5.74) is 10.7. The number of fused-ring (bicyclic) bond motifs is 2. The minimum Gasteiger partial charge on any atom is -0.497 e. The average molecular weight is 643 g/mol. The lowest BCUT2D eigenvalue weighted by Gasteiger charge is -2.17. The number of halogens is 3. The Morgan fingerprint density at radius 3 is 2.09 bits per heavy atom. The molecule has 0 bridgehead atoms. The van der Waals surface area contributed by atoms with Crippen LogP contribution in [-0.2, 0) is 22.4 Å². The minimum atomic E-state index is -0.644. The second kappa shape index (κ2) is 14.7. The number of anilines is 1. The fourth-order valence-electron chi connectivity index (χ4n) is 5.26. The molecule has 1 aliphatic heterocycles. The number of nitrogens with two attached hydrogens (primary N) is 1. The van der Waals surface area contributed by atoms with Gasteiger partial charge in [0.2, 0.25) is 11.8 Å². The molecule has 2 aromatic heterocycles. The molecular formula is C32H34Cl3N5O3. The number of benzene rings is 3. The van der Waals surface area contributed by atoms with Gasteiger partial charge in [-0.2, -0.15) is 0 Å². The fraction of sp³-hybridized carbons (Fsp3) is 0.250. The first-order valence-electron chi connectivity index (χ1n) is 13.8. The van der Waals surface area contributed by atoms with Crippen LogP contribution < -0.4 is 20.7 Å². The lowest BCUT2D eigenvalue weighted by Crippen LogP contribution is -2.37. The van der Waals surface area contributed by atoms with Gasteiger partial charge in [-0.3, -0.25) is 9.59 Å². The van der Waals surface area contributed by atoms with Crippen LogP contribution in [0.4, 0.5) is 5.69 Å². The number of hydrogen-bond acceptors (Lipinski definition) is 4. The minimum absolute atomic E-state index is 0. The van der Waals surface area contributed by atoms with Gasteiger partial charge in [0.1, 0.15) is 11.7 Å². The number of aromatic amines is 2. The van der Waals surface area contributed by atoms with E-state index in [2.05, 4.69) is 15.3 Å². The summed E-state index contributed by atoms with van der Waals surface area (Å²) in [5.74, 6) is -0.293. The molecule has 1 aliphatic rings. The Morgan fingerprint density at radius 1 is 0.953 bits per heavy atom. The summed E-state index contributed by atoms with van der Waals surface area (Å²) in [4.78, 5) is 33.3. The average Bonchev–Trinajstić information content (AvgIpc) is 3.70. The Morgan fingerprint density at radius 2 is 1.53 bits per heavy atom. The summed E-state index contributed by atoms with van der Waals surface area (Å²) in [7, 11) is 1.60. The molecule has 1 saturated heterocycles. The molecule has 1 unspecified atom stereocenters. The number of hydrogen-bond donors (Lipinski definition) is 4. The van der Waals surface area contributed by atoms with Gasteiger partial charge in [-0.1, -0.05) is 23.2 Å². The van der Waals surface area contributed by atoms with E-state index < -0.39 is 5.92 Å². The third-order valence-corrected chi connectivity index (χ3v) is 7.94. The molecule has 1 atom stereocenters. The van der Waals surface area contributed by atoms with Crippen LogP contribution in [0.15, 0.2) is 73.1 Å². The van der Waals surface area contributed by atoms with Crippen molar-refractivity contribution in [1.29, 1.82) is 0 Å². The number of ether oxygens (including phenoxy) is 1. The van der Waals surface area contributed by atoms with Crippen LogP contribution in [0.25, 0.3) is 21.8 Å². The highest BCUT2D eigenvalue weighted by Crippen LogP contribution is 2.27. The summed E-state index contributed by atoms with van der Waals surface area (Å²) in [6.45, 7) is 1.66. The molecular weight excluding hydrogens is 609 g/mol. The van der Waals surface area contributed by atoms with Gasteiger partial charge in [0.05, 0.1) is 7.11 Å². The number of methoxy groups -OCH3 is 1. The van der Waals surface area contributed by atoms with E-state index in [1.165, 1.54) is 10.9 Å². The van der Waals surface area contributed by atoms with E-state index >= 15 is 0 Å². The summed E-state index contributed by atoms with van der Waals surface area (Å²) < 4.78 is 5.15. The summed E-state index contributed by atoms with van der Waals surface area (Å²) in [5, 5.41) is 6.59. The van der Waals surface area contributed by atoms with Crippen molar-refractivity contribution >= 4 is 74.9 Å². The maximum absolute atomic E-state index is 12.7. The van der Waals surface area contributed by atoms with E-state index in [-0.39, 0.29) is 24.2 Å². The van der Waals surface area contributed by atoms with Crippen LogP contribution in [0.2, 0.25) is 10.0 Å². The molecule has 6 rings (SSSR count). The Kier molecular flexibility index (Phi) is 11.0. The molecule has 3 heterocycles. The normalized spacial score (nSPS) is 14.4. The van der Waals surface area contributed by atoms with Crippen LogP contribution in [0.3, 0.4) is 0 Å². The van der Waals surface area contributed by atoms with Crippen molar-refractivity contribution in [2.24, 2.45) is 11.7 Å². The number of aromatic nitrogens is 2. The smallest absolute Gasteiger partial charge is 0.239 e. The Balaban J connectivity index is 0.000000253. The van der Waals surface area contributed by atoms with E-state index in [1.807, 2.05) is 73.1 Å². The van der Waals surface area contributed by atoms with E-state index in [1.54, 1.807) is 12.0 Å². The van der Waals surface area contributed by atoms with Crippen molar-refractivity contribution < 1.29 is 14.3 Å². The second-order valence-electron chi connectivity index (χ2n) is 10.1. The third kappa shape index (κ3) is 7.46. The maximum Gasteiger partial charge on any atom is 0.239 e. The molecule has 0 aliphatic carbocycles. The topological polar surface area (TPSA) is 116 Å². The first-order chi connectivity index (χ1) is 20.4. The predicted molar refractivity (Wildman–Crippen MR) is 177 cm³/mol. The largest absolute Gasteiger partial charge is 0.497 e. The van der Waals surface area contributed by atoms with Gasteiger partial charge in [0, 0.05) is 63.0 Å². The van der Waals surface area contributed by atoms with Crippen LogP contribution in [0.1, 0.15) is 17.5 Å². The summed E-state index contributed by atoms with van der Waals surface area (Å²) >= 11 is 12.0. The first-order valence-corrected chi connectivity index (χ1v) is 14.6. The van der Waals surface area contributed by atoms with Crippen molar-refractivity contribution in [3.8, 4) is 5.75 Å². The van der Waals surface area contributed by atoms with Gasteiger partial charge < -0.3 is 30.7 Å². The maximum atomic E-state index is 12.7. The zero-order valence-corrected chi connectivity index (χ0v) is 26.0. The van der Waals surface area contributed by atoms with Crippen LogP contribution >= 0.6 is 35.6 Å². The number of carbonyl (C=O) groups excluding carboxylic acids is 2. The van der Waals surface area contributed by atoms with Gasteiger partial charge in [0.25, 0.3) is 0 Å². The standard InChI is InChI=1S/C22H22ClN3O3.C10H11ClN2.ClH/c1-29-17-5-3-16(4-6-17)26-11-9-18(22(26)28)21(27)24-10-8-14-13-25-20-7-2-15(23)12-19(14)20;11-8-1-2-10-9(5-8)7(3-4-12)6-13-10;/h2-7,12-13,18,25H,8-11H2,1H3,(H,24,27);1-2,5-6,13H,3-4,12H2;1H. The van der Waals surface area contributed by atoms with Gasteiger partial charge in [-0.25, -0.2) is 0 Å². The molecule has 2 amide bonds.